The van der Waals surface area contributed by atoms with Crippen molar-refractivity contribution < 1.29 is 28.3 Å². The molecule has 0 aliphatic heterocycles. The molecule has 0 saturated carbocycles. The van der Waals surface area contributed by atoms with Gasteiger partial charge in [0.2, 0.25) is 11.6 Å². The van der Waals surface area contributed by atoms with E-state index in [1.807, 2.05) is 18.2 Å². The molecule has 0 aliphatic rings. The van der Waals surface area contributed by atoms with Crippen molar-refractivity contribution in [3.8, 4) is 23.1 Å². The molecule has 3 aromatic carbocycles. The maximum absolute atomic E-state index is 13.5. The van der Waals surface area contributed by atoms with Crippen molar-refractivity contribution in [2.24, 2.45) is 5.10 Å². The highest BCUT2D eigenvalue weighted by Crippen LogP contribution is 2.38. The first-order valence-corrected chi connectivity index (χ1v) is 12.1. The minimum absolute atomic E-state index is 0.0126. The zero-order chi connectivity index (χ0) is 28.2. The van der Waals surface area contributed by atoms with Gasteiger partial charge in [0, 0.05) is 17.0 Å². The zero-order valence-corrected chi connectivity index (χ0v) is 21.4. The monoisotopic (exact) mass is 542 g/mol. The number of furan rings is 1. The second kappa shape index (κ2) is 11.1. The van der Waals surface area contributed by atoms with Gasteiger partial charge in [0.05, 0.1) is 35.8 Å². The van der Waals surface area contributed by atoms with E-state index in [0.29, 0.717) is 22.2 Å². The summed E-state index contributed by atoms with van der Waals surface area (Å²) in [4.78, 5) is 41.0. The molecule has 0 aliphatic carbocycles. The van der Waals surface area contributed by atoms with E-state index in [2.05, 4.69) is 10.1 Å². The Morgan fingerprint density at radius 3 is 2.67 bits per heavy atom. The van der Waals surface area contributed by atoms with Crippen LogP contribution in [0.25, 0.3) is 33.5 Å². The molecular formula is C28H22N4O8. The minimum Gasteiger partial charge on any atom is -0.493 e. The second-order valence-corrected chi connectivity index (χ2v) is 8.38. The van der Waals surface area contributed by atoms with Crippen LogP contribution in [0, 0.1) is 10.1 Å². The molecule has 0 radical (unpaired) electrons. The molecule has 0 saturated heterocycles. The smallest absolute Gasteiger partial charge is 0.344 e. The molecule has 2 heterocycles. The third kappa shape index (κ3) is 5.10. The van der Waals surface area contributed by atoms with E-state index in [1.165, 1.54) is 25.5 Å². The number of nitrogens with zero attached hydrogens (tertiary/aromatic N) is 4. The summed E-state index contributed by atoms with van der Waals surface area (Å²) in [6.45, 7) is 1.22. The van der Waals surface area contributed by atoms with E-state index < -0.39 is 28.7 Å². The van der Waals surface area contributed by atoms with E-state index >= 15 is 0 Å². The van der Waals surface area contributed by atoms with Crippen molar-refractivity contribution >= 4 is 39.7 Å². The van der Waals surface area contributed by atoms with E-state index in [0.717, 1.165) is 10.1 Å². The van der Waals surface area contributed by atoms with Crippen molar-refractivity contribution in [2.75, 3.05) is 20.3 Å². The van der Waals surface area contributed by atoms with Crippen molar-refractivity contribution in [1.29, 1.82) is 0 Å². The summed E-state index contributed by atoms with van der Waals surface area (Å²) in [6, 6.07) is 18.5. The molecule has 2 aromatic heterocycles. The number of fused-ring (bicyclic) bond motifs is 2. The average Bonchev–Trinajstić information content (AvgIpc) is 3.39. The quantitative estimate of drug-likeness (QED) is 0.113. The topological polar surface area (TPSA) is 148 Å². The highest BCUT2D eigenvalue weighted by Gasteiger charge is 2.23. The van der Waals surface area contributed by atoms with Crippen LogP contribution in [-0.2, 0) is 9.53 Å². The van der Waals surface area contributed by atoms with Gasteiger partial charge in [-0.3, -0.25) is 14.9 Å². The Kier molecular flexibility index (Phi) is 7.22. The van der Waals surface area contributed by atoms with Crippen LogP contribution in [0.4, 0.5) is 5.69 Å². The molecule has 0 N–H and O–H groups in total. The molecule has 0 atom stereocenters. The number of rotatable bonds is 9. The van der Waals surface area contributed by atoms with Gasteiger partial charge < -0.3 is 18.6 Å². The average molecular weight is 543 g/mol. The van der Waals surface area contributed by atoms with Crippen LogP contribution in [0.2, 0.25) is 0 Å². The van der Waals surface area contributed by atoms with Crippen LogP contribution in [0.3, 0.4) is 0 Å². The highest BCUT2D eigenvalue weighted by atomic mass is 16.6. The van der Waals surface area contributed by atoms with Crippen LogP contribution >= 0.6 is 0 Å². The fourth-order valence-electron chi connectivity index (χ4n) is 4.06. The Morgan fingerprint density at radius 1 is 1.15 bits per heavy atom. The third-order valence-electron chi connectivity index (χ3n) is 5.84. The highest BCUT2D eigenvalue weighted by molar-refractivity contribution is 5.86. The summed E-state index contributed by atoms with van der Waals surface area (Å²) in [5, 5.41) is 17.3. The number of nitro benzene ring substituents is 1. The van der Waals surface area contributed by atoms with E-state index in [4.69, 9.17) is 18.6 Å². The largest absolute Gasteiger partial charge is 0.493 e. The molecule has 0 bridgehead atoms. The van der Waals surface area contributed by atoms with Gasteiger partial charge in [-0.05, 0) is 37.3 Å². The van der Waals surface area contributed by atoms with E-state index in [9.17, 15) is 19.7 Å². The fourth-order valence-corrected chi connectivity index (χ4v) is 4.06. The van der Waals surface area contributed by atoms with Gasteiger partial charge in [-0.25, -0.2) is 9.78 Å². The van der Waals surface area contributed by atoms with Gasteiger partial charge in [-0.15, -0.1) is 0 Å². The summed E-state index contributed by atoms with van der Waals surface area (Å²) >= 11 is 0. The number of para-hydroxylation sites is 2. The Morgan fingerprint density at radius 2 is 1.93 bits per heavy atom. The van der Waals surface area contributed by atoms with Gasteiger partial charge in [0.1, 0.15) is 5.58 Å². The Balaban J connectivity index is 1.61. The Labute approximate surface area is 226 Å². The lowest BCUT2D eigenvalue weighted by atomic mass is 10.2. The van der Waals surface area contributed by atoms with Gasteiger partial charge in [0.25, 0.3) is 5.56 Å². The summed E-state index contributed by atoms with van der Waals surface area (Å²) in [5.74, 6) is -0.489. The lowest BCUT2D eigenvalue weighted by Crippen LogP contribution is -2.20. The number of nitro groups is 1. The molecule has 0 spiro atoms. The number of hydrogen-bond acceptors (Lipinski definition) is 10. The third-order valence-corrected chi connectivity index (χ3v) is 5.84. The first kappa shape index (κ1) is 26.1. The number of carbonyl (C=O) groups is 1. The van der Waals surface area contributed by atoms with Crippen LogP contribution in [0.15, 0.2) is 81.0 Å². The normalized spacial score (nSPS) is 11.2. The molecule has 5 rings (SSSR count). The number of aromatic nitrogens is 2. The first-order chi connectivity index (χ1) is 19.4. The van der Waals surface area contributed by atoms with Gasteiger partial charge in [-0.1, -0.05) is 30.3 Å². The molecule has 5 aromatic rings. The lowest BCUT2D eigenvalue weighted by molar-refractivity contribution is -0.385. The van der Waals surface area contributed by atoms with E-state index in [1.54, 1.807) is 43.3 Å². The summed E-state index contributed by atoms with van der Waals surface area (Å²) in [6.07, 6.45) is 1.26. The van der Waals surface area contributed by atoms with Crippen molar-refractivity contribution in [3.05, 3.63) is 92.8 Å². The predicted molar refractivity (Wildman–Crippen MR) is 146 cm³/mol. The number of ether oxygens (including phenoxy) is 3. The SMILES string of the molecule is CCOC(=O)COc1c(OC)cc(C=Nn2c(-c3cc4ccccc4o3)nc3ccccc3c2=O)cc1[N+](=O)[O-]. The maximum atomic E-state index is 13.5. The molecular weight excluding hydrogens is 520 g/mol. The first-order valence-electron chi connectivity index (χ1n) is 12.1. The zero-order valence-electron chi connectivity index (χ0n) is 21.4. The van der Waals surface area contributed by atoms with Crippen LogP contribution in [0.5, 0.6) is 11.5 Å². The number of esters is 1. The van der Waals surface area contributed by atoms with Crippen LogP contribution in [-0.4, -0.2) is 47.1 Å². The Hall–Kier alpha value is -5.52. The molecule has 12 heteroatoms. The summed E-state index contributed by atoms with van der Waals surface area (Å²) in [7, 11) is 1.30. The standard InChI is InChI=1S/C28H22N4O8/c1-3-38-25(33)16-39-26-21(32(35)36)12-17(13-23(26)37-2)15-29-31-27(24-14-18-8-4-7-11-22(18)40-24)30-20-10-6-5-9-19(20)28(31)34/h4-15H,3,16H2,1-2H3. The molecule has 0 fully saturated rings. The fraction of sp³-hybridized carbons (Fsp3) is 0.143. The molecule has 12 nitrogen and oxygen atoms in total. The van der Waals surface area contributed by atoms with Crippen LogP contribution in [0.1, 0.15) is 12.5 Å². The van der Waals surface area contributed by atoms with Crippen molar-refractivity contribution in [2.45, 2.75) is 6.92 Å². The molecule has 40 heavy (non-hydrogen) atoms. The van der Waals surface area contributed by atoms with Gasteiger partial charge >= 0.3 is 11.7 Å². The lowest BCUT2D eigenvalue weighted by Gasteiger charge is -2.11. The van der Waals surface area contributed by atoms with Crippen molar-refractivity contribution in [3.63, 3.8) is 0 Å². The van der Waals surface area contributed by atoms with Crippen molar-refractivity contribution in [1.82, 2.24) is 9.66 Å². The number of methoxy groups -OCH3 is 1. The van der Waals surface area contributed by atoms with E-state index in [-0.39, 0.29) is 29.5 Å². The maximum Gasteiger partial charge on any atom is 0.344 e. The molecule has 202 valence electrons. The summed E-state index contributed by atoms with van der Waals surface area (Å²) < 4.78 is 22.5. The van der Waals surface area contributed by atoms with Gasteiger partial charge in [0.15, 0.2) is 18.1 Å². The second-order valence-electron chi connectivity index (χ2n) is 8.38. The Bertz CT molecular complexity index is 1810. The number of benzene rings is 3. The molecule has 0 amide bonds. The summed E-state index contributed by atoms with van der Waals surface area (Å²) in [5.41, 5.74) is 0.353. The number of hydrogen-bond donors (Lipinski definition) is 0. The number of carbonyl (C=O) groups excluding carboxylic acids is 1. The van der Waals surface area contributed by atoms with Gasteiger partial charge in [-0.2, -0.15) is 9.78 Å². The predicted octanol–water partition coefficient (Wildman–Crippen LogP) is 4.55. The van der Waals surface area contributed by atoms with Crippen LogP contribution < -0.4 is 15.0 Å². The molecule has 0 unspecified atom stereocenters. The minimum atomic E-state index is -0.689.